The van der Waals surface area contributed by atoms with E-state index in [0.29, 0.717) is 22.6 Å². The van der Waals surface area contributed by atoms with Gasteiger partial charge in [-0.15, -0.1) is 0 Å². The number of nitrogens with zero attached hydrogens (tertiary/aromatic N) is 1. The Hall–Kier alpha value is -4.25. The molecule has 1 unspecified atom stereocenters. The molecule has 2 N–H and O–H groups in total. The Morgan fingerprint density at radius 1 is 0.974 bits per heavy atom. The first kappa shape index (κ1) is 26.8. The molecule has 0 spiro atoms. The highest BCUT2D eigenvalue weighted by Crippen LogP contribution is 2.37. The Bertz CT molecular complexity index is 1470. The number of amides is 1. The molecule has 0 aromatic heterocycles. The summed E-state index contributed by atoms with van der Waals surface area (Å²) in [5.41, 5.74) is 1.73. The quantitative estimate of drug-likeness (QED) is 0.414. The summed E-state index contributed by atoms with van der Waals surface area (Å²) in [4.78, 5) is 26.7. The van der Waals surface area contributed by atoms with Gasteiger partial charge in [-0.05, 0) is 66.1 Å². The number of fused-ring (bicyclic) bond motifs is 1. The fraction of sp³-hybridized carbons (Fsp3) is 0.259. The number of sulfonamides is 1. The predicted molar refractivity (Wildman–Crippen MR) is 140 cm³/mol. The van der Waals surface area contributed by atoms with Crippen molar-refractivity contribution in [2.45, 2.75) is 30.8 Å². The second kappa shape index (κ2) is 10.6. The number of hydrogen-bond donors (Lipinski definition) is 2. The van der Waals surface area contributed by atoms with Crippen LogP contribution in [0.4, 0.5) is 5.69 Å². The Balaban J connectivity index is 1.70. The molecule has 10 nitrogen and oxygen atoms in total. The Morgan fingerprint density at radius 3 is 2.29 bits per heavy atom. The summed E-state index contributed by atoms with van der Waals surface area (Å²) in [6, 6.07) is 15.1. The van der Waals surface area contributed by atoms with E-state index in [4.69, 9.17) is 14.2 Å². The lowest BCUT2D eigenvalue weighted by Crippen LogP contribution is -2.37. The number of ether oxygens (including phenoxy) is 3. The summed E-state index contributed by atoms with van der Waals surface area (Å²) < 4.78 is 45.2. The minimum absolute atomic E-state index is 0.0159. The maximum absolute atomic E-state index is 13.5. The van der Waals surface area contributed by atoms with Gasteiger partial charge in [-0.2, -0.15) is 0 Å². The molecule has 0 saturated carbocycles. The van der Waals surface area contributed by atoms with Gasteiger partial charge in [0.1, 0.15) is 5.75 Å². The van der Waals surface area contributed by atoms with Gasteiger partial charge in [0, 0.05) is 25.3 Å². The largest absolute Gasteiger partial charge is 0.478 e. The number of anilines is 1. The third-order valence-electron chi connectivity index (χ3n) is 5.96. The lowest BCUT2D eigenvalue weighted by Gasteiger charge is -2.22. The molecule has 0 saturated heterocycles. The van der Waals surface area contributed by atoms with Crippen molar-refractivity contribution in [2.75, 3.05) is 25.8 Å². The van der Waals surface area contributed by atoms with Crippen LogP contribution in [0.5, 0.6) is 17.2 Å². The van der Waals surface area contributed by atoms with Gasteiger partial charge in [-0.1, -0.05) is 19.9 Å². The number of carboxylic acid groups (broad SMARTS) is 1. The van der Waals surface area contributed by atoms with Gasteiger partial charge in [-0.3, -0.25) is 4.79 Å². The van der Waals surface area contributed by atoms with E-state index >= 15 is 0 Å². The summed E-state index contributed by atoms with van der Waals surface area (Å²) in [6.07, 6.45) is -1.41. The Morgan fingerprint density at radius 2 is 1.66 bits per heavy atom. The molecule has 1 aliphatic heterocycles. The molecular formula is C27H28N2O8S. The molecule has 1 heterocycles. The Labute approximate surface area is 220 Å². The monoisotopic (exact) mass is 540 g/mol. The van der Waals surface area contributed by atoms with Crippen LogP contribution in [-0.4, -0.2) is 46.3 Å². The van der Waals surface area contributed by atoms with Crippen LogP contribution in [-0.2, 0) is 14.8 Å². The van der Waals surface area contributed by atoms with Gasteiger partial charge < -0.3 is 24.2 Å². The number of rotatable bonds is 9. The van der Waals surface area contributed by atoms with Crippen molar-refractivity contribution in [1.29, 1.82) is 0 Å². The van der Waals surface area contributed by atoms with E-state index in [1.54, 1.807) is 30.3 Å². The number of carbonyl (C=O) groups is 2. The number of benzene rings is 3. The molecule has 1 aliphatic rings. The molecule has 1 amide bonds. The fourth-order valence-electron chi connectivity index (χ4n) is 3.88. The van der Waals surface area contributed by atoms with E-state index in [-0.39, 0.29) is 28.9 Å². The van der Waals surface area contributed by atoms with Gasteiger partial charge in [-0.25, -0.2) is 17.9 Å². The minimum Gasteiger partial charge on any atom is -0.478 e. The summed E-state index contributed by atoms with van der Waals surface area (Å²) in [5, 5.41) is 9.40. The zero-order chi connectivity index (χ0) is 27.6. The van der Waals surface area contributed by atoms with Crippen molar-refractivity contribution < 1.29 is 37.3 Å². The number of carboxylic acids is 1. The van der Waals surface area contributed by atoms with Crippen LogP contribution in [0.25, 0.3) is 0 Å². The van der Waals surface area contributed by atoms with Gasteiger partial charge >= 0.3 is 5.97 Å². The highest BCUT2D eigenvalue weighted by molar-refractivity contribution is 7.90. The van der Waals surface area contributed by atoms with E-state index in [1.165, 1.54) is 30.3 Å². The molecule has 11 heteroatoms. The lowest BCUT2D eigenvalue weighted by molar-refractivity contribution is -0.126. The van der Waals surface area contributed by atoms with Crippen LogP contribution in [0, 0.1) is 0 Å². The maximum Gasteiger partial charge on any atom is 0.335 e. The molecule has 0 aliphatic carbocycles. The maximum atomic E-state index is 13.5. The van der Waals surface area contributed by atoms with Gasteiger partial charge in [0.25, 0.3) is 15.9 Å². The zero-order valence-corrected chi connectivity index (χ0v) is 22.1. The lowest BCUT2D eigenvalue weighted by atomic mass is 9.99. The number of hydrogen-bond acceptors (Lipinski definition) is 8. The second-order valence-corrected chi connectivity index (χ2v) is 10.9. The number of aromatic carboxylic acids is 1. The summed E-state index contributed by atoms with van der Waals surface area (Å²) in [6.45, 7) is 3.72. The van der Waals surface area contributed by atoms with Crippen molar-refractivity contribution in [1.82, 2.24) is 4.72 Å². The molecule has 0 radical (unpaired) electrons. The smallest absolute Gasteiger partial charge is 0.335 e. The summed E-state index contributed by atoms with van der Waals surface area (Å²) in [7, 11) is -0.582. The van der Waals surface area contributed by atoms with Crippen molar-refractivity contribution in [3.05, 3.63) is 77.4 Å². The summed E-state index contributed by atoms with van der Waals surface area (Å²) in [5.74, 6) is -1.07. The number of carbonyl (C=O) groups excluding carboxylic acids is 1. The van der Waals surface area contributed by atoms with E-state index < -0.39 is 28.0 Å². The molecule has 0 bridgehead atoms. The molecular weight excluding hydrogens is 512 g/mol. The zero-order valence-electron chi connectivity index (χ0n) is 21.3. The SMILES string of the molecule is CC(C)c1cc(C(=O)O)ccc1OC(C(=O)NS(=O)(=O)c1ccc(N(C)C)cc1)c1ccc2c(c1)OCO2. The topological polar surface area (TPSA) is 131 Å². The first-order chi connectivity index (χ1) is 18.0. The van der Waals surface area contributed by atoms with Crippen LogP contribution in [0.3, 0.4) is 0 Å². The Kier molecular flexibility index (Phi) is 7.49. The minimum atomic E-state index is -4.23. The third-order valence-corrected chi connectivity index (χ3v) is 7.32. The molecule has 200 valence electrons. The first-order valence-electron chi connectivity index (χ1n) is 11.7. The van der Waals surface area contributed by atoms with Crippen molar-refractivity contribution in [3.63, 3.8) is 0 Å². The van der Waals surface area contributed by atoms with E-state index in [2.05, 4.69) is 4.72 Å². The average molecular weight is 541 g/mol. The van der Waals surface area contributed by atoms with Crippen molar-refractivity contribution in [3.8, 4) is 17.2 Å². The third kappa shape index (κ3) is 5.67. The highest BCUT2D eigenvalue weighted by Gasteiger charge is 2.30. The van der Waals surface area contributed by atoms with E-state index in [1.807, 2.05) is 32.8 Å². The summed E-state index contributed by atoms with van der Waals surface area (Å²) >= 11 is 0. The molecule has 1 atom stereocenters. The number of nitrogens with one attached hydrogen (secondary N) is 1. The van der Waals surface area contributed by atoms with Crippen LogP contribution >= 0.6 is 0 Å². The molecule has 38 heavy (non-hydrogen) atoms. The van der Waals surface area contributed by atoms with Crippen LogP contribution < -0.4 is 23.8 Å². The first-order valence-corrected chi connectivity index (χ1v) is 13.2. The standard InChI is InChI=1S/C27H28N2O8S/c1-16(2)21-13-18(27(31)32)6-11-22(21)37-25(17-5-12-23-24(14-17)36-15-35-23)26(30)28-38(33,34)20-9-7-19(8-10-20)29(3)4/h5-14,16,25H,15H2,1-4H3,(H,28,30)(H,31,32). The van der Waals surface area contributed by atoms with E-state index in [0.717, 1.165) is 5.69 Å². The van der Waals surface area contributed by atoms with Crippen LogP contribution in [0.1, 0.15) is 47.4 Å². The molecule has 3 aromatic rings. The molecule has 3 aromatic carbocycles. The molecule has 0 fully saturated rings. The van der Waals surface area contributed by atoms with E-state index in [9.17, 15) is 23.1 Å². The van der Waals surface area contributed by atoms with Crippen LogP contribution in [0.15, 0.2) is 65.6 Å². The molecule has 4 rings (SSSR count). The average Bonchev–Trinajstić information content (AvgIpc) is 3.34. The van der Waals surface area contributed by atoms with Gasteiger partial charge in [0.15, 0.2) is 11.5 Å². The predicted octanol–water partition coefficient (Wildman–Crippen LogP) is 3.93. The highest BCUT2D eigenvalue weighted by atomic mass is 32.2. The fourth-order valence-corrected chi connectivity index (χ4v) is 4.87. The normalized spacial score (nSPS) is 13.2. The van der Waals surface area contributed by atoms with Crippen molar-refractivity contribution in [2.24, 2.45) is 0 Å². The van der Waals surface area contributed by atoms with Gasteiger partial charge in [0.05, 0.1) is 10.5 Å². The van der Waals surface area contributed by atoms with Crippen LogP contribution in [0.2, 0.25) is 0 Å². The second-order valence-electron chi connectivity index (χ2n) is 9.18. The van der Waals surface area contributed by atoms with Crippen molar-refractivity contribution >= 4 is 27.6 Å². The van der Waals surface area contributed by atoms with Gasteiger partial charge in [0.2, 0.25) is 12.9 Å².